The summed E-state index contributed by atoms with van der Waals surface area (Å²) in [6, 6.07) is 3.68. The Labute approximate surface area is 89.8 Å². The molecular formula is C12H15NO2. The van der Waals surface area contributed by atoms with Gasteiger partial charge in [0.25, 0.3) is 0 Å². The van der Waals surface area contributed by atoms with Crippen LogP contribution in [-0.4, -0.2) is 17.6 Å². The molecule has 1 heterocycles. The van der Waals surface area contributed by atoms with Crippen LogP contribution in [0.3, 0.4) is 0 Å². The molecule has 0 bridgehead atoms. The lowest BCUT2D eigenvalue weighted by atomic mass is 9.97. The van der Waals surface area contributed by atoms with Crippen LogP contribution >= 0.6 is 0 Å². The zero-order valence-corrected chi connectivity index (χ0v) is 8.85. The van der Waals surface area contributed by atoms with E-state index >= 15 is 0 Å². The first-order valence-corrected chi connectivity index (χ1v) is 4.97. The van der Waals surface area contributed by atoms with E-state index in [0.29, 0.717) is 13.0 Å². The van der Waals surface area contributed by atoms with Gasteiger partial charge < -0.3 is 4.74 Å². The molecule has 80 valence electrons. The van der Waals surface area contributed by atoms with Crippen LogP contribution in [0.2, 0.25) is 0 Å². The molecule has 0 N–H and O–H groups in total. The van der Waals surface area contributed by atoms with Crippen molar-refractivity contribution in [3.05, 3.63) is 42.7 Å². The molecule has 0 aliphatic carbocycles. The van der Waals surface area contributed by atoms with Crippen LogP contribution in [0.4, 0.5) is 0 Å². The van der Waals surface area contributed by atoms with Crippen LogP contribution in [0.25, 0.3) is 0 Å². The first-order valence-electron chi connectivity index (χ1n) is 4.97. The van der Waals surface area contributed by atoms with Gasteiger partial charge in [-0.1, -0.05) is 12.1 Å². The Kier molecular flexibility index (Phi) is 4.54. The third-order valence-electron chi connectivity index (χ3n) is 2.06. The zero-order valence-electron chi connectivity index (χ0n) is 8.85. The number of hydrogen-bond acceptors (Lipinski definition) is 3. The van der Waals surface area contributed by atoms with Crippen LogP contribution in [0.1, 0.15) is 24.8 Å². The van der Waals surface area contributed by atoms with E-state index in [4.69, 9.17) is 4.74 Å². The monoisotopic (exact) mass is 205 g/mol. The molecule has 0 aromatic carbocycles. The largest absolute Gasteiger partial charge is 0.466 e. The van der Waals surface area contributed by atoms with Crippen molar-refractivity contribution in [2.75, 3.05) is 6.61 Å². The molecular weight excluding hydrogens is 190 g/mol. The number of nitrogens with zero attached hydrogens (tertiary/aromatic N) is 1. The van der Waals surface area contributed by atoms with Gasteiger partial charge in [0.05, 0.1) is 12.5 Å². The second-order valence-corrected chi connectivity index (χ2v) is 3.12. The minimum absolute atomic E-state index is 0.217. The highest BCUT2D eigenvalue weighted by atomic mass is 16.5. The molecule has 15 heavy (non-hydrogen) atoms. The highest BCUT2D eigenvalue weighted by Gasteiger charge is 2.20. The molecule has 0 aliphatic heterocycles. The lowest BCUT2D eigenvalue weighted by molar-refractivity contribution is -0.144. The van der Waals surface area contributed by atoms with E-state index in [-0.39, 0.29) is 11.9 Å². The first-order chi connectivity index (χ1) is 7.29. The summed E-state index contributed by atoms with van der Waals surface area (Å²) < 4.78 is 5.00. The average Bonchev–Trinajstić information content (AvgIpc) is 2.27. The standard InChI is InChI=1S/C12H15NO2/c1-3-6-11(12(14)15-4-2)10-7-5-8-13-9-10/h3,5,7-9,11H,1,4,6H2,2H3. The van der Waals surface area contributed by atoms with Gasteiger partial charge in [-0.15, -0.1) is 6.58 Å². The van der Waals surface area contributed by atoms with E-state index in [1.165, 1.54) is 0 Å². The fraction of sp³-hybridized carbons (Fsp3) is 0.333. The summed E-state index contributed by atoms with van der Waals surface area (Å²) >= 11 is 0. The smallest absolute Gasteiger partial charge is 0.313 e. The van der Waals surface area contributed by atoms with Crippen LogP contribution < -0.4 is 0 Å². The van der Waals surface area contributed by atoms with E-state index in [9.17, 15) is 4.79 Å². The predicted molar refractivity (Wildman–Crippen MR) is 58.4 cm³/mol. The Hall–Kier alpha value is -1.64. The first kappa shape index (κ1) is 11.4. The van der Waals surface area contributed by atoms with Crippen molar-refractivity contribution >= 4 is 5.97 Å². The van der Waals surface area contributed by atoms with Crippen molar-refractivity contribution in [2.24, 2.45) is 0 Å². The fourth-order valence-electron chi connectivity index (χ4n) is 1.36. The maximum atomic E-state index is 11.6. The minimum Gasteiger partial charge on any atom is -0.466 e. The molecule has 1 unspecified atom stereocenters. The van der Waals surface area contributed by atoms with E-state index in [1.807, 2.05) is 12.1 Å². The van der Waals surface area contributed by atoms with Gasteiger partial charge in [-0.3, -0.25) is 9.78 Å². The molecule has 0 fully saturated rings. The lowest BCUT2D eigenvalue weighted by Gasteiger charge is -2.13. The van der Waals surface area contributed by atoms with Gasteiger partial charge >= 0.3 is 5.97 Å². The third kappa shape index (κ3) is 3.20. The van der Waals surface area contributed by atoms with E-state index in [0.717, 1.165) is 5.56 Å². The Balaban J connectivity index is 2.82. The Morgan fingerprint density at radius 2 is 2.53 bits per heavy atom. The minimum atomic E-state index is -0.281. The summed E-state index contributed by atoms with van der Waals surface area (Å²) in [5.41, 5.74) is 0.871. The SMILES string of the molecule is C=CCC(C(=O)OCC)c1cccnc1. The normalized spacial score (nSPS) is 11.8. The molecule has 3 nitrogen and oxygen atoms in total. The number of hydrogen-bond donors (Lipinski definition) is 0. The summed E-state index contributed by atoms with van der Waals surface area (Å²) in [6.07, 6.45) is 5.66. The van der Waals surface area contributed by atoms with Crippen LogP contribution in [0.15, 0.2) is 37.2 Å². The summed E-state index contributed by atoms with van der Waals surface area (Å²) in [7, 11) is 0. The van der Waals surface area contributed by atoms with E-state index < -0.39 is 0 Å². The van der Waals surface area contributed by atoms with E-state index in [2.05, 4.69) is 11.6 Å². The molecule has 0 radical (unpaired) electrons. The molecule has 1 aromatic rings. The molecule has 1 atom stereocenters. The number of esters is 1. The second kappa shape index (κ2) is 5.96. The second-order valence-electron chi connectivity index (χ2n) is 3.12. The van der Waals surface area contributed by atoms with Crippen molar-refractivity contribution in [3.8, 4) is 0 Å². The molecule has 3 heteroatoms. The summed E-state index contributed by atoms with van der Waals surface area (Å²) in [6.45, 7) is 5.83. The molecule has 1 rings (SSSR count). The number of carbonyl (C=O) groups excluding carboxylic acids is 1. The van der Waals surface area contributed by atoms with Crippen LogP contribution in [0.5, 0.6) is 0 Å². The fourth-order valence-corrected chi connectivity index (χ4v) is 1.36. The van der Waals surface area contributed by atoms with Gasteiger partial charge in [0.2, 0.25) is 0 Å². The maximum absolute atomic E-state index is 11.6. The summed E-state index contributed by atoms with van der Waals surface area (Å²) in [4.78, 5) is 15.6. The van der Waals surface area contributed by atoms with E-state index in [1.54, 1.807) is 25.4 Å². The number of carbonyl (C=O) groups is 1. The molecule has 0 amide bonds. The zero-order chi connectivity index (χ0) is 11.1. The van der Waals surface area contributed by atoms with Crippen molar-refractivity contribution in [3.63, 3.8) is 0 Å². The van der Waals surface area contributed by atoms with Crippen LogP contribution in [-0.2, 0) is 9.53 Å². The van der Waals surface area contributed by atoms with Gasteiger partial charge in [-0.2, -0.15) is 0 Å². The number of allylic oxidation sites excluding steroid dienone is 1. The van der Waals surface area contributed by atoms with Gasteiger partial charge in [0.1, 0.15) is 0 Å². The van der Waals surface area contributed by atoms with Crippen molar-refractivity contribution in [1.82, 2.24) is 4.98 Å². The molecule has 0 aliphatic rings. The molecule has 1 aromatic heterocycles. The summed E-state index contributed by atoms with van der Waals surface area (Å²) in [5.74, 6) is -0.499. The van der Waals surface area contributed by atoms with Gasteiger partial charge in [0, 0.05) is 12.4 Å². The Morgan fingerprint density at radius 3 is 3.07 bits per heavy atom. The number of aromatic nitrogens is 1. The quantitative estimate of drug-likeness (QED) is 0.547. The van der Waals surface area contributed by atoms with Crippen molar-refractivity contribution in [1.29, 1.82) is 0 Å². The lowest BCUT2D eigenvalue weighted by Crippen LogP contribution is -2.15. The molecule has 0 saturated heterocycles. The van der Waals surface area contributed by atoms with Gasteiger partial charge in [-0.25, -0.2) is 0 Å². The summed E-state index contributed by atoms with van der Waals surface area (Å²) in [5, 5.41) is 0. The number of pyridine rings is 1. The number of rotatable bonds is 5. The average molecular weight is 205 g/mol. The van der Waals surface area contributed by atoms with Crippen molar-refractivity contribution < 1.29 is 9.53 Å². The molecule has 0 spiro atoms. The van der Waals surface area contributed by atoms with Crippen molar-refractivity contribution in [2.45, 2.75) is 19.3 Å². The Morgan fingerprint density at radius 1 is 1.73 bits per heavy atom. The highest BCUT2D eigenvalue weighted by molar-refractivity contribution is 5.78. The van der Waals surface area contributed by atoms with Crippen LogP contribution in [0, 0.1) is 0 Å². The molecule has 0 saturated carbocycles. The highest BCUT2D eigenvalue weighted by Crippen LogP contribution is 2.20. The van der Waals surface area contributed by atoms with Gasteiger partial charge in [-0.05, 0) is 25.0 Å². The number of ether oxygens (including phenoxy) is 1. The van der Waals surface area contributed by atoms with Gasteiger partial charge in [0.15, 0.2) is 0 Å². The topological polar surface area (TPSA) is 39.2 Å². The Bertz CT molecular complexity index is 322. The predicted octanol–water partition coefficient (Wildman–Crippen LogP) is 2.30. The third-order valence-corrected chi connectivity index (χ3v) is 2.06. The maximum Gasteiger partial charge on any atom is 0.313 e.